The molecule has 0 aromatic heterocycles. The molecule has 4 heteroatoms. The third-order valence-electron chi connectivity index (χ3n) is 2.07. The molecule has 15 heavy (non-hydrogen) atoms. The zero-order valence-corrected chi connectivity index (χ0v) is 7.86. The predicted molar refractivity (Wildman–Crippen MR) is 52.6 cm³/mol. The lowest BCUT2D eigenvalue weighted by molar-refractivity contribution is -0.141. The fraction of sp³-hybridized carbons (Fsp3) is 0.364. The molecule has 1 aromatic carbocycles. The van der Waals surface area contributed by atoms with Crippen molar-refractivity contribution in [3.63, 3.8) is 0 Å². The number of hydrogen-bond donors (Lipinski definition) is 2. The quantitative estimate of drug-likeness (QED) is 0.572. The normalized spacial score (nSPS) is 31.5. The molecule has 2 rings (SSSR count). The summed E-state index contributed by atoms with van der Waals surface area (Å²) in [5, 5.41) is 18.5. The van der Waals surface area contributed by atoms with Crippen LogP contribution in [0.5, 0.6) is 11.5 Å². The summed E-state index contributed by atoms with van der Waals surface area (Å²) < 4.78 is 27.9. The predicted octanol–water partition coefficient (Wildman–Crippen LogP) is 1.35. The molecule has 1 aromatic rings. The summed E-state index contributed by atoms with van der Waals surface area (Å²) in [6.07, 6.45) is -4.74. The van der Waals surface area contributed by atoms with Gasteiger partial charge in [0, 0.05) is 15.6 Å². The van der Waals surface area contributed by atoms with Gasteiger partial charge in [0.25, 0.3) is 0 Å². The summed E-state index contributed by atoms with van der Waals surface area (Å²) in [4.78, 5) is 11.1. The maximum atomic E-state index is 11.1. The lowest BCUT2D eigenvalue weighted by Gasteiger charge is -2.09. The molecule has 0 amide bonds. The van der Waals surface area contributed by atoms with Gasteiger partial charge in [-0.15, -0.1) is 0 Å². The van der Waals surface area contributed by atoms with E-state index in [2.05, 4.69) is 0 Å². The van der Waals surface area contributed by atoms with Crippen molar-refractivity contribution in [3.05, 3.63) is 23.8 Å². The minimum Gasteiger partial charge on any atom is -0.504 e. The van der Waals surface area contributed by atoms with Gasteiger partial charge >= 0.3 is 5.97 Å². The van der Waals surface area contributed by atoms with E-state index in [1.54, 1.807) is 0 Å². The molecule has 0 bridgehead atoms. The largest absolute Gasteiger partial charge is 0.504 e. The molecule has 0 radical (unpaired) electrons. The third-order valence-corrected chi connectivity index (χ3v) is 2.07. The molecule has 1 atom stereocenters. The van der Waals surface area contributed by atoms with Crippen molar-refractivity contribution in [1.29, 1.82) is 0 Å². The van der Waals surface area contributed by atoms with Gasteiger partial charge in [-0.2, -0.15) is 0 Å². The van der Waals surface area contributed by atoms with E-state index in [-0.39, 0.29) is 17.9 Å². The molecule has 0 aliphatic carbocycles. The second-order valence-corrected chi connectivity index (χ2v) is 3.25. The number of benzene rings is 1. The van der Waals surface area contributed by atoms with Crippen molar-refractivity contribution < 1.29 is 23.9 Å². The minimum absolute atomic E-state index is 0.195. The maximum absolute atomic E-state index is 11.1. The minimum atomic E-state index is -2.09. The Morgan fingerprint density at radius 1 is 1.53 bits per heavy atom. The Bertz CT molecular complexity index is 503. The molecule has 1 fully saturated rings. The van der Waals surface area contributed by atoms with E-state index < -0.39 is 24.8 Å². The van der Waals surface area contributed by atoms with Gasteiger partial charge in [0.1, 0.15) is 6.08 Å². The third kappa shape index (κ3) is 2.21. The first-order valence-corrected chi connectivity index (χ1v) is 4.46. The number of cyclic esters (lactones) is 1. The van der Waals surface area contributed by atoms with Crippen LogP contribution >= 0.6 is 0 Å². The van der Waals surface area contributed by atoms with Crippen LogP contribution in [0.3, 0.4) is 0 Å². The number of carbonyl (C=O) groups excluding carboxylic acids is 1. The topological polar surface area (TPSA) is 66.8 Å². The Balaban J connectivity index is 2.27. The number of rotatable bonds is 2. The Hall–Kier alpha value is -1.71. The highest BCUT2D eigenvalue weighted by Gasteiger charge is 2.23. The average molecular weight is 211 g/mol. The number of aromatic hydroxyl groups is 2. The van der Waals surface area contributed by atoms with Crippen molar-refractivity contribution in [2.75, 3.05) is 0 Å². The van der Waals surface area contributed by atoms with Crippen LogP contribution in [-0.2, 0) is 16.0 Å². The Morgan fingerprint density at radius 3 is 2.93 bits per heavy atom. The van der Waals surface area contributed by atoms with E-state index >= 15 is 0 Å². The molecule has 1 aliphatic heterocycles. The molecule has 1 aliphatic rings. The van der Waals surface area contributed by atoms with Crippen molar-refractivity contribution in [3.8, 4) is 11.5 Å². The Morgan fingerprint density at radius 2 is 2.33 bits per heavy atom. The molecule has 0 saturated carbocycles. The molecular weight excluding hydrogens is 196 g/mol. The molecule has 4 nitrogen and oxygen atoms in total. The Labute approximate surface area is 91.3 Å². The first-order valence-electron chi connectivity index (χ1n) is 5.96. The number of phenols is 2. The van der Waals surface area contributed by atoms with Crippen molar-refractivity contribution >= 4 is 5.97 Å². The van der Waals surface area contributed by atoms with Gasteiger partial charge in [0.15, 0.2) is 11.5 Å². The summed E-state index contributed by atoms with van der Waals surface area (Å²) in [6.45, 7) is 0. The number of phenolic OH excluding ortho intramolecular Hbond substituents is 2. The van der Waals surface area contributed by atoms with Gasteiger partial charge in [-0.25, -0.2) is 0 Å². The van der Waals surface area contributed by atoms with Crippen LogP contribution in [0.2, 0.25) is 0 Å². The number of ether oxygens (including phenoxy) is 1. The SMILES string of the molecule is [2H]C1([2H])CC(=O)OC1([2H])Cc1ccc(O)c(O)c1. The fourth-order valence-electron chi connectivity index (χ4n) is 1.34. The maximum Gasteiger partial charge on any atom is 0.306 e. The molecule has 1 heterocycles. The number of hydrogen-bond acceptors (Lipinski definition) is 4. The van der Waals surface area contributed by atoms with Crippen LogP contribution < -0.4 is 0 Å². The summed E-state index contributed by atoms with van der Waals surface area (Å²) in [5.41, 5.74) is 0.402. The highest BCUT2D eigenvalue weighted by Crippen LogP contribution is 2.27. The molecule has 80 valence electrons. The zero-order valence-electron chi connectivity index (χ0n) is 10.9. The van der Waals surface area contributed by atoms with Gasteiger partial charge in [-0.3, -0.25) is 4.79 Å². The van der Waals surface area contributed by atoms with Crippen molar-refractivity contribution in [2.24, 2.45) is 0 Å². The van der Waals surface area contributed by atoms with E-state index in [9.17, 15) is 9.90 Å². The van der Waals surface area contributed by atoms with E-state index in [0.29, 0.717) is 5.56 Å². The van der Waals surface area contributed by atoms with Gasteiger partial charge in [-0.05, 0) is 24.1 Å². The standard InChI is InChI=1S/C11H12O4/c12-9-3-1-7(6-10(9)13)5-8-2-4-11(14)15-8/h1,3,6,8,12-13H,2,4-5H2/i2D2,8D. The van der Waals surface area contributed by atoms with Gasteiger partial charge in [-0.1, -0.05) is 6.07 Å². The van der Waals surface area contributed by atoms with Crippen LogP contribution in [-0.4, -0.2) is 22.3 Å². The van der Waals surface area contributed by atoms with Crippen LogP contribution in [0, 0.1) is 0 Å². The van der Waals surface area contributed by atoms with Gasteiger partial charge in [0.05, 0.1) is 1.37 Å². The molecule has 0 spiro atoms. The van der Waals surface area contributed by atoms with Crippen molar-refractivity contribution in [2.45, 2.75) is 25.3 Å². The van der Waals surface area contributed by atoms with E-state index in [0.717, 1.165) is 0 Å². The van der Waals surface area contributed by atoms with Gasteiger partial charge in [0.2, 0.25) is 0 Å². The summed E-state index contributed by atoms with van der Waals surface area (Å²) in [6, 6.07) is 3.89. The first kappa shape index (κ1) is 6.71. The number of carbonyl (C=O) groups is 1. The smallest absolute Gasteiger partial charge is 0.306 e. The molecule has 2 N–H and O–H groups in total. The van der Waals surface area contributed by atoms with Crippen LogP contribution in [0.25, 0.3) is 0 Å². The highest BCUT2D eigenvalue weighted by molar-refractivity contribution is 5.71. The zero-order chi connectivity index (χ0) is 13.6. The Kier molecular flexibility index (Phi) is 1.70. The second-order valence-electron chi connectivity index (χ2n) is 3.25. The molecule has 1 saturated heterocycles. The fourth-order valence-corrected chi connectivity index (χ4v) is 1.34. The molecular formula is C11H12O4. The van der Waals surface area contributed by atoms with Crippen LogP contribution in [0.4, 0.5) is 0 Å². The second kappa shape index (κ2) is 3.81. The summed E-state index contributed by atoms with van der Waals surface area (Å²) in [7, 11) is 0. The number of esters is 1. The monoisotopic (exact) mass is 211 g/mol. The summed E-state index contributed by atoms with van der Waals surface area (Å²) >= 11 is 0. The molecule has 1 unspecified atom stereocenters. The average Bonchev–Trinajstić information content (AvgIpc) is 2.41. The van der Waals surface area contributed by atoms with E-state index in [1.165, 1.54) is 18.2 Å². The van der Waals surface area contributed by atoms with E-state index in [1.807, 2.05) is 0 Å². The van der Waals surface area contributed by atoms with E-state index in [4.69, 9.17) is 14.0 Å². The van der Waals surface area contributed by atoms with Crippen LogP contribution in [0.15, 0.2) is 18.2 Å². The van der Waals surface area contributed by atoms with Crippen LogP contribution in [0.1, 0.15) is 22.5 Å². The van der Waals surface area contributed by atoms with Crippen molar-refractivity contribution in [1.82, 2.24) is 0 Å². The lowest BCUT2D eigenvalue weighted by atomic mass is 10.1. The lowest BCUT2D eigenvalue weighted by Crippen LogP contribution is -2.10. The van der Waals surface area contributed by atoms with Gasteiger partial charge < -0.3 is 14.9 Å². The highest BCUT2D eigenvalue weighted by atomic mass is 16.5. The first-order chi connectivity index (χ1) is 8.23. The summed E-state index contributed by atoms with van der Waals surface area (Å²) in [5.74, 6) is -1.41.